The van der Waals surface area contributed by atoms with E-state index >= 15 is 0 Å². The van der Waals surface area contributed by atoms with Crippen molar-refractivity contribution in [3.05, 3.63) is 91.5 Å². The second-order valence-electron chi connectivity index (χ2n) is 11.1. The highest BCUT2D eigenvalue weighted by molar-refractivity contribution is 9.10. The van der Waals surface area contributed by atoms with Crippen molar-refractivity contribution in [1.29, 1.82) is 0 Å². The van der Waals surface area contributed by atoms with Crippen LogP contribution in [-0.2, 0) is 10.8 Å². The van der Waals surface area contributed by atoms with Crippen molar-refractivity contribution in [1.82, 2.24) is 0 Å². The number of fused-ring (bicyclic) bond motifs is 5. The van der Waals surface area contributed by atoms with Gasteiger partial charge in [0.1, 0.15) is 34.5 Å². The Hall–Kier alpha value is -2.92. The van der Waals surface area contributed by atoms with Crippen LogP contribution < -0.4 is 18.9 Å². The Kier molecular flexibility index (Phi) is 4.14. The molecule has 4 aliphatic rings. The topological polar surface area (TPSA) is 36.9 Å². The van der Waals surface area contributed by atoms with Crippen molar-refractivity contribution < 1.29 is 18.9 Å². The molecule has 7 rings (SSSR count). The van der Waals surface area contributed by atoms with Crippen LogP contribution in [0.1, 0.15) is 52.8 Å². The molecular weight excluding hydrogens is 516 g/mol. The van der Waals surface area contributed by atoms with Crippen LogP contribution in [-0.4, -0.2) is 19.0 Å². The van der Waals surface area contributed by atoms with Gasteiger partial charge in [0.2, 0.25) is 0 Å². The Morgan fingerprint density at radius 2 is 1.47 bits per heavy atom. The van der Waals surface area contributed by atoms with Crippen molar-refractivity contribution in [2.75, 3.05) is 7.11 Å². The molecule has 4 nitrogen and oxygen atoms in total. The van der Waals surface area contributed by atoms with Gasteiger partial charge in [0.15, 0.2) is 0 Å². The number of hydrogen-bond donors (Lipinski definition) is 0. The van der Waals surface area contributed by atoms with E-state index in [2.05, 4.69) is 93.9 Å². The largest absolute Gasteiger partial charge is 0.495 e. The first kappa shape index (κ1) is 22.3. The van der Waals surface area contributed by atoms with Crippen LogP contribution in [0.25, 0.3) is 0 Å². The van der Waals surface area contributed by atoms with Gasteiger partial charge in [-0.2, -0.15) is 0 Å². The molecule has 0 N–H and O–H groups in total. The molecule has 0 aromatic heterocycles. The van der Waals surface area contributed by atoms with Gasteiger partial charge in [-0.3, -0.25) is 0 Å². The SMILES string of the molecule is COc1cc2c(cc1Br)[C@@]13c4cc(C)cc(C)c4O[C@@]1(O2)C(C)=C[C@@]1(C)c2cc(C)cc(C)c2O[C@@H]31. The van der Waals surface area contributed by atoms with Crippen LogP contribution >= 0.6 is 15.9 Å². The van der Waals surface area contributed by atoms with Crippen molar-refractivity contribution in [2.45, 2.75) is 64.3 Å². The molecule has 3 aromatic carbocycles. The molecule has 0 amide bonds. The fourth-order valence-electron chi connectivity index (χ4n) is 7.50. The number of ether oxygens (including phenoxy) is 4. The Bertz CT molecular complexity index is 1550. The molecule has 184 valence electrons. The van der Waals surface area contributed by atoms with Crippen LogP contribution in [0.2, 0.25) is 0 Å². The summed E-state index contributed by atoms with van der Waals surface area (Å²) in [5.74, 6) is 2.32. The van der Waals surface area contributed by atoms with Crippen molar-refractivity contribution in [3.63, 3.8) is 0 Å². The molecule has 3 aromatic rings. The Morgan fingerprint density at radius 3 is 2.17 bits per heavy atom. The monoisotopic (exact) mass is 544 g/mol. The van der Waals surface area contributed by atoms with Gasteiger partial charge in [0.05, 0.1) is 17.0 Å². The second kappa shape index (κ2) is 6.69. The minimum atomic E-state index is -1.04. The summed E-state index contributed by atoms with van der Waals surface area (Å²) >= 11 is 3.76. The van der Waals surface area contributed by atoms with Crippen molar-refractivity contribution in [3.8, 4) is 23.0 Å². The quantitative estimate of drug-likeness (QED) is 0.305. The fourth-order valence-corrected chi connectivity index (χ4v) is 8.01. The Balaban J connectivity index is 1.64. The lowest BCUT2D eigenvalue weighted by atomic mass is 9.54. The molecule has 0 bridgehead atoms. The summed E-state index contributed by atoms with van der Waals surface area (Å²) in [4.78, 5) is 0. The molecule has 0 fully saturated rings. The predicted molar refractivity (Wildman–Crippen MR) is 143 cm³/mol. The molecule has 3 heterocycles. The second-order valence-corrected chi connectivity index (χ2v) is 12.0. The van der Waals surface area contributed by atoms with Gasteiger partial charge < -0.3 is 18.9 Å². The van der Waals surface area contributed by atoms with Gasteiger partial charge in [-0.15, -0.1) is 0 Å². The van der Waals surface area contributed by atoms with E-state index in [1.165, 1.54) is 16.7 Å². The molecule has 1 aliphatic carbocycles. The molecular formula is C31H29BrO4. The maximum atomic E-state index is 7.10. The minimum absolute atomic E-state index is 0.270. The molecule has 0 unspecified atom stereocenters. The third kappa shape index (κ3) is 2.28. The zero-order chi connectivity index (χ0) is 25.4. The summed E-state index contributed by atoms with van der Waals surface area (Å²) in [5, 5.41) is 0. The van der Waals surface area contributed by atoms with E-state index in [-0.39, 0.29) is 11.5 Å². The van der Waals surface area contributed by atoms with E-state index in [1.54, 1.807) is 7.11 Å². The van der Waals surface area contributed by atoms with E-state index in [0.717, 1.165) is 55.3 Å². The van der Waals surface area contributed by atoms with Crippen LogP contribution in [0, 0.1) is 27.7 Å². The third-order valence-corrected chi connectivity index (χ3v) is 9.37. The first-order valence-corrected chi connectivity index (χ1v) is 13.2. The van der Waals surface area contributed by atoms with Crippen LogP contribution in [0.4, 0.5) is 0 Å². The zero-order valence-electron chi connectivity index (χ0n) is 21.6. The fraction of sp³-hybridized carbons (Fsp3) is 0.355. The average Bonchev–Trinajstić information content (AvgIpc) is 3.37. The first-order valence-electron chi connectivity index (χ1n) is 12.4. The van der Waals surface area contributed by atoms with E-state index in [4.69, 9.17) is 18.9 Å². The maximum absolute atomic E-state index is 7.10. The van der Waals surface area contributed by atoms with Gasteiger partial charge in [0, 0.05) is 28.3 Å². The van der Waals surface area contributed by atoms with Crippen LogP contribution in [0.3, 0.4) is 0 Å². The molecule has 0 saturated carbocycles. The Labute approximate surface area is 220 Å². The van der Waals surface area contributed by atoms with E-state index in [0.29, 0.717) is 0 Å². The van der Waals surface area contributed by atoms with Gasteiger partial charge in [-0.1, -0.05) is 41.5 Å². The van der Waals surface area contributed by atoms with E-state index in [9.17, 15) is 0 Å². The molecule has 0 radical (unpaired) electrons. The molecule has 4 atom stereocenters. The summed E-state index contributed by atoms with van der Waals surface area (Å²) in [6, 6.07) is 13.1. The summed E-state index contributed by atoms with van der Waals surface area (Å²) in [6.45, 7) is 13.0. The summed E-state index contributed by atoms with van der Waals surface area (Å²) in [7, 11) is 1.68. The number of hydrogen-bond acceptors (Lipinski definition) is 4. The number of rotatable bonds is 1. The third-order valence-electron chi connectivity index (χ3n) is 8.75. The standard InChI is InChI=1S/C31H29BrO4/c1-15-8-17(3)26-21(10-15)29(6)14-19(5)31-30(28(29)34-26,22-11-16(2)9-18(4)27(22)36-31)20-12-23(32)25(33-7)13-24(20)35-31/h8-14,28H,1-7H3/t28-,29+,30+,31+/m1/s1. The Morgan fingerprint density at radius 1 is 0.806 bits per heavy atom. The lowest BCUT2D eigenvalue weighted by molar-refractivity contribution is -0.126. The highest BCUT2D eigenvalue weighted by atomic mass is 79.9. The molecule has 0 saturated heterocycles. The van der Waals surface area contributed by atoms with Crippen LogP contribution in [0.15, 0.2) is 52.5 Å². The number of halogens is 1. The zero-order valence-corrected chi connectivity index (χ0v) is 23.2. The van der Waals surface area contributed by atoms with Gasteiger partial charge >= 0.3 is 0 Å². The van der Waals surface area contributed by atoms with E-state index < -0.39 is 11.2 Å². The minimum Gasteiger partial charge on any atom is -0.495 e. The van der Waals surface area contributed by atoms with Gasteiger partial charge in [-0.25, -0.2) is 0 Å². The first-order chi connectivity index (χ1) is 17.1. The molecule has 36 heavy (non-hydrogen) atoms. The summed E-state index contributed by atoms with van der Waals surface area (Å²) in [5.41, 5.74) is 8.07. The molecule has 5 heteroatoms. The summed E-state index contributed by atoms with van der Waals surface area (Å²) < 4.78 is 27.6. The average molecular weight is 545 g/mol. The lowest BCUT2D eigenvalue weighted by Crippen LogP contribution is -2.66. The lowest BCUT2D eigenvalue weighted by Gasteiger charge is -2.49. The van der Waals surface area contributed by atoms with Gasteiger partial charge in [0.25, 0.3) is 5.79 Å². The van der Waals surface area contributed by atoms with Crippen LogP contribution in [0.5, 0.6) is 23.0 Å². The summed E-state index contributed by atoms with van der Waals surface area (Å²) in [6.07, 6.45) is 2.06. The smallest absolute Gasteiger partial charge is 0.291 e. The normalized spacial score (nSPS) is 30.0. The molecule has 3 aliphatic heterocycles. The van der Waals surface area contributed by atoms with Crippen molar-refractivity contribution >= 4 is 15.9 Å². The molecule has 0 spiro atoms. The number of methoxy groups -OCH3 is 1. The number of benzene rings is 3. The predicted octanol–water partition coefficient (Wildman–Crippen LogP) is 7.14. The highest BCUT2D eigenvalue weighted by Gasteiger charge is 2.79. The highest BCUT2D eigenvalue weighted by Crippen LogP contribution is 2.71. The number of aryl methyl sites for hydroxylation is 4. The maximum Gasteiger partial charge on any atom is 0.291 e. The van der Waals surface area contributed by atoms with E-state index in [1.807, 2.05) is 6.07 Å². The van der Waals surface area contributed by atoms with Gasteiger partial charge in [-0.05, 0) is 74.7 Å². The van der Waals surface area contributed by atoms with Crippen molar-refractivity contribution in [2.24, 2.45) is 0 Å².